The van der Waals surface area contributed by atoms with Crippen molar-refractivity contribution < 1.29 is 4.79 Å². The van der Waals surface area contributed by atoms with Crippen molar-refractivity contribution in [3.63, 3.8) is 0 Å². The maximum Gasteiger partial charge on any atom is 0.261 e. The highest BCUT2D eigenvalue weighted by Crippen LogP contribution is 1.99. The van der Waals surface area contributed by atoms with Gasteiger partial charge >= 0.3 is 0 Å². The van der Waals surface area contributed by atoms with E-state index in [0.29, 0.717) is 5.69 Å². The van der Waals surface area contributed by atoms with Gasteiger partial charge in [-0.05, 0) is 12.5 Å². The Morgan fingerprint density at radius 2 is 2.13 bits per heavy atom. The van der Waals surface area contributed by atoms with Crippen LogP contribution in [0, 0.1) is 6.92 Å². The quantitative estimate of drug-likeness (QED) is 0.556. The first-order valence-corrected chi connectivity index (χ1v) is 6.92. The molecular weight excluding hydrogens is 296 g/mol. The topological polar surface area (TPSA) is 93.7 Å². The van der Waals surface area contributed by atoms with Crippen LogP contribution in [0.5, 0.6) is 0 Å². The Bertz CT molecular complexity index is 926. The molecule has 0 fully saturated rings. The Morgan fingerprint density at radius 3 is 2.91 bits per heavy atom. The molecule has 23 heavy (non-hydrogen) atoms. The molecule has 1 aromatic carbocycles. The Kier molecular flexibility index (Phi) is 3.96. The van der Waals surface area contributed by atoms with Gasteiger partial charge in [0.05, 0.1) is 6.21 Å². The summed E-state index contributed by atoms with van der Waals surface area (Å²) in [4.78, 5) is 23.8. The molecule has 0 atom stereocenters. The summed E-state index contributed by atoms with van der Waals surface area (Å²) < 4.78 is 3.06. The lowest BCUT2D eigenvalue weighted by Crippen LogP contribution is -2.28. The summed E-state index contributed by atoms with van der Waals surface area (Å²) in [6, 6.07) is 10.8. The van der Waals surface area contributed by atoms with E-state index in [1.807, 2.05) is 30.3 Å². The van der Waals surface area contributed by atoms with Gasteiger partial charge in [-0.3, -0.25) is 14.3 Å². The molecule has 1 N–H and O–H groups in total. The van der Waals surface area contributed by atoms with Crippen molar-refractivity contribution in [3.8, 4) is 0 Å². The number of fused-ring (bicyclic) bond motifs is 1. The van der Waals surface area contributed by atoms with Gasteiger partial charge in [0.1, 0.15) is 12.9 Å². The monoisotopic (exact) mass is 310 g/mol. The molecule has 0 radical (unpaired) electrons. The van der Waals surface area contributed by atoms with E-state index >= 15 is 0 Å². The third-order valence-electron chi connectivity index (χ3n) is 3.25. The van der Waals surface area contributed by atoms with Crippen LogP contribution in [0.25, 0.3) is 5.65 Å². The standard InChI is InChI=1S/C15H14N6O2/c1-11-7-13(22)15-19-17-10-21(15)20(11)9-14(23)18-16-8-12-5-3-2-4-6-12/h2-8,10H,9H2,1H3,(H,18,23)/b16-8-. The minimum absolute atomic E-state index is 0.00716. The zero-order chi connectivity index (χ0) is 16.2. The van der Waals surface area contributed by atoms with Crippen molar-refractivity contribution in [2.24, 2.45) is 5.10 Å². The normalized spacial score (nSPS) is 11.2. The number of benzene rings is 1. The maximum absolute atomic E-state index is 12.0. The number of aromatic nitrogens is 4. The number of nitrogens with one attached hydrogen (secondary N) is 1. The van der Waals surface area contributed by atoms with Crippen LogP contribution in [0.3, 0.4) is 0 Å². The number of carbonyl (C=O) groups excluding carboxylic acids is 1. The van der Waals surface area contributed by atoms with Gasteiger partial charge < -0.3 is 0 Å². The summed E-state index contributed by atoms with van der Waals surface area (Å²) in [7, 11) is 0. The maximum atomic E-state index is 12.0. The van der Waals surface area contributed by atoms with Crippen LogP contribution in [0.15, 0.2) is 52.6 Å². The van der Waals surface area contributed by atoms with Crippen LogP contribution < -0.4 is 10.9 Å². The molecular formula is C15H14N6O2. The molecule has 116 valence electrons. The van der Waals surface area contributed by atoms with Crippen molar-refractivity contribution >= 4 is 17.8 Å². The smallest absolute Gasteiger partial charge is 0.261 e. The highest BCUT2D eigenvalue weighted by atomic mass is 16.2. The molecule has 3 aromatic rings. The van der Waals surface area contributed by atoms with Crippen LogP contribution >= 0.6 is 0 Å². The van der Waals surface area contributed by atoms with E-state index in [0.717, 1.165) is 5.56 Å². The van der Waals surface area contributed by atoms with Crippen LogP contribution in [-0.4, -0.2) is 31.5 Å². The van der Waals surface area contributed by atoms with Crippen molar-refractivity contribution in [2.45, 2.75) is 13.5 Å². The summed E-state index contributed by atoms with van der Waals surface area (Å²) in [5.74, 6) is -0.320. The molecule has 2 heterocycles. The van der Waals surface area contributed by atoms with Gasteiger partial charge in [-0.1, -0.05) is 30.3 Å². The Labute approximate surface area is 131 Å². The Hall–Kier alpha value is -3.29. The summed E-state index contributed by atoms with van der Waals surface area (Å²) in [5, 5.41) is 11.4. The molecule has 0 aliphatic carbocycles. The van der Waals surface area contributed by atoms with Gasteiger partial charge in [0.25, 0.3) is 5.91 Å². The number of hydrogen-bond donors (Lipinski definition) is 1. The van der Waals surface area contributed by atoms with E-state index in [-0.39, 0.29) is 23.5 Å². The molecule has 0 aliphatic heterocycles. The van der Waals surface area contributed by atoms with Crippen molar-refractivity contribution in [3.05, 3.63) is 64.2 Å². The van der Waals surface area contributed by atoms with Crippen LogP contribution in [0.1, 0.15) is 11.3 Å². The number of rotatable bonds is 4. The summed E-state index contributed by atoms with van der Waals surface area (Å²) in [6.45, 7) is 1.73. The molecule has 3 rings (SSSR count). The molecule has 0 saturated heterocycles. The van der Waals surface area contributed by atoms with Gasteiger partial charge in [0.15, 0.2) is 0 Å². The lowest BCUT2D eigenvalue weighted by atomic mass is 10.2. The first kappa shape index (κ1) is 14.6. The first-order chi connectivity index (χ1) is 11.1. The number of amides is 1. The second-order valence-corrected chi connectivity index (χ2v) is 4.91. The number of hydrazone groups is 1. The van der Waals surface area contributed by atoms with Crippen molar-refractivity contribution in [1.82, 2.24) is 24.8 Å². The average Bonchev–Trinajstić information content (AvgIpc) is 3.02. The van der Waals surface area contributed by atoms with Gasteiger partial charge in [0, 0.05) is 11.8 Å². The van der Waals surface area contributed by atoms with E-state index in [1.165, 1.54) is 16.9 Å². The van der Waals surface area contributed by atoms with Gasteiger partial charge in [0.2, 0.25) is 11.1 Å². The highest BCUT2D eigenvalue weighted by molar-refractivity contribution is 5.82. The molecule has 0 bridgehead atoms. The molecule has 2 aromatic heterocycles. The van der Waals surface area contributed by atoms with Gasteiger partial charge in [-0.25, -0.2) is 9.94 Å². The average molecular weight is 310 g/mol. The van der Waals surface area contributed by atoms with E-state index in [9.17, 15) is 9.59 Å². The van der Waals surface area contributed by atoms with Crippen molar-refractivity contribution in [2.75, 3.05) is 0 Å². The predicted molar refractivity (Wildman–Crippen MR) is 84.2 cm³/mol. The Morgan fingerprint density at radius 1 is 1.35 bits per heavy atom. The largest absolute Gasteiger partial charge is 0.286 e. The molecule has 8 nitrogen and oxygen atoms in total. The fourth-order valence-electron chi connectivity index (χ4n) is 2.16. The summed E-state index contributed by atoms with van der Waals surface area (Å²) >= 11 is 0. The lowest BCUT2D eigenvalue weighted by Gasteiger charge is -2.11. The zero-order valence-electron chi connectivity index (χ0n) is 12.4. The van der Waals surface area contributed by atoms with E-state index in [2.05, 4.69) is 20.7 Å². The van der Waals surface area contributed by atoms with Gasteiger partial charge in [-0.2, -0.15) is 5.10 Å². The molecule has 1 amide bonds. The lowest BCUT2D eigenvalue weighted by molar-refractivity contribution is -0.121. The third-order valence-corrected chi connectivity index (χ3v) is 3.25. The molecule has 0 saturated carbocycles. The fraction of sp³-hybridized carbons (Fsp3) is 0.133. The number of hydrogen-bond acceptors (Lipinski definition) is 5. The second kappa shape index (κ2) is 6.22. The second-order valence-electron chi connectivity index (χ2n) is 4.91. The third kappa shape index (κ3) is 3.15. The number of aryl methyl sites for hydroxylation is 1. The first-order valence-electron chi connectivity index (χ1n) is 6.92. The van der Waals surface area contributed by atoms with Crippen LogP contribution in [0.4, 0.5) is 0 Å². The van der Waals surface area contributed by atoms with Crippen LogP contribution in [-0.2, 0) is 11.3 Å². The predicted octanol–water partition coefficient (Wildman–Crippen LogP) is 0.350. The van der Waals surface area contributed by atoms with E-state index in [1.54, 1.807) is 17.8 Å². The fourth-order valence-corrected chi connectivity index (χ4v) is 2.16. The SMILES string of the molecule is Cc1cc(=O)c2nncn2n1CC(=O)N/N=C\c1ccccc1. The highest BCUT2D eigenvalue weighted by Gasteiger charge is 2.10. The molecule has 0 spiro atoms. The zero-order valence-corrected chi connectivity index (χ0v) is 12.4. The minimum atomic E-state index is -0.320. The summed E-state index contributed by atoms with van der Waals surface area (Å²) in [6.07, 6.45) is 2.95. The van der Waals surface area contributed by atoms with Crippen molar-refractivity contribution in [1.29, 1.82) is 0 Å². The summed E-state index contributed by atoms with van der Waals surface area (Å²) in [5.41, 5.74) is 3.91. The minimum Gasteiger partial charge on any atom is -0.286 e. The van der Waals surface area contributed by atoms with E-state index in [4.69, 9.17) is 0 Å². The van der Waals surface area contributed by atoms with Crippen LogP contribution in [0.2, 0.25) is 0 Å². The number of carbonyl (C=O) groups is 1. The molecule has 0 aliphatic rings. The number of nitrogens with zero attached hydrogens (tertiary/aromatic N) is 5. The van der Waals surface area contributed by atoms with Gasteiger partial charge in [-0.15, -0.1) is 10.2 Å². The molecule has 0 unspecified atom stereocenters. The van der Waals surface area contributed by atoms with E-state index < -0.39 is 0 Å². The molecule has 8 heteroatoms. The Balaban J connectivity index is 1.75.